The number of carboxylic acid groups (broad SMARTS) is 1. The van der Waals surface area contributed by atoms with Crippen LogP contribution in [0.4, 0.5) is 0 Å². The molecule has 0 saturated heterocycles. The summed E-state index contributed by atoms with van der Waals surface area (Å²) in [4.78, 5) is 66.4. The average Bonchev–Trinajstić information content (AvgIpc) is 2.52. The standard InChI is InChI=1S/C12H18N4O7S/c1-6(17)11(24)12(23)16-4-9(20)14-2-7(18)13-3-8(19)15-5-10(21)22/h11,24H,2-5H2,1H3,(H,13,18)(H,14,20)(H,15,19)(H,16,23)(H,21,22)/t11-/m0/s1. The molecule has 1 atom stereocenters. The Morgan fingerprint density at radius 1 is 0.792 bits per heavy atom. The van der Waals surface area contributed by atoms with E-state index in [1.165, 1.54) is 6.92 Å². The van der Waals surface area contributed by atoms with Gasteiger partial charge >= 0.3 is 5.97 Å². The van der Waals surface area contributed by atoms with E-state index in [-0.39, 0.29) is 0 Å². The van der Waals surface area contributed by atoms with Crippen molar-refractivity contribution < 1.29 is 33.9 Å². The van der Waals surface area contributed by atoms with Crippen LogP contribution in [0.25, 0.3) is 0 Å². The molecule has 0 saturated carbocycles. The van der Waals surface area contributed by atoms with Crippen LogP contribution in [-0.2, 0) is 28.8 Å². The van der Waals surface area contributed by atoms with Crippen molar-refractivity contribution in [1.82, 2.24) is 21.3 Å². The molecule has 5 N–H and O–H groups in total. The van der Waals surface area contributed by atoms with Crippen molar-refractivity contribution in [2.45, 2.75) is 12.2 Å². The van der Waals surface area contributed by atoms with Crippen LogP contribution < -0.4 is 21.3 Å². The molecular weight excluding hydrogens is 344 g/mol. The molecule has 0 aliphatic carbocycles. The van der Waals surface area contributed by atoms with Gasteiger partial charge in [-0.1, -0.05) is 0 Å². The number of hydrogen-bond donors (Lipinski definition) is 6. The molecule has 12 heteroatoms. The zero-order valence-corrected chi connectivity index (χ0v) is 13.6. The maximum Gasteiger partial charge on any atom is 0.322 e. The predicted octanol–water partition coefficient (Wildman–Crippen LogP) is -3.58. The molecule has 0 aromatic heterocycles. The Labute approximate surface area is 142 Å². The molecule has 0 radical (unpaired) electrons. The van der Waals surface area contributed by atoms with Gasteiger partial charge in [0.2, 0.25) is 23.6 Å². The van der Waals surface area contributed by atoms with Gasteiger partial charge in [-0.2, -0.15) is 12.6 Å². The van der Waals surface area contributed by atoms with Gasteiger partial charge in [-0.3, -0.25) is 28.8 Å². The summed E-state index contributed by atoms with van der Waals surface area (Å²) in [6.45, 7) is -0.738. The van der Waals surface area contributed by atoms with Gasteiger partial charge in [0, 0.05) is 0 Å². The number of rotatable bonds is 10. The molecule has 4 amide bonds. The monoisotopic (exact) mass is 362 g/mol. The Morgan fingerprint density at radius 3 is 1.54 bits per heavy atom. The van der Waals surface area contributed by atoms with Crippen molar-refractivity contribution in [2.24, 2.45) is 0 Å². The van der Waals surface area contributed by atoms with Crippen molar-refractivity contribution in [3.8, 4) is 0 Å². The maximum absolute atomic E-state index is 11.4. The van der Waals surface area contributed by atoms with Gasteiger partial charge in [-0.05, 0) is 6.92 Å². The van der Waals surface area contributed by atoms with Gasteiger partial charge in [0.25, 0.3) is 0 Å². The Balaban J connectivity index is 3.92. The minimum Gasteiger partial charge on any atom is -0.480 e. The van der Waals surface area contributed by atoms with E-state index < -0.39 is 66.8 Å². The second kappa shape index (κ2) is 11.0. The first kappa shape index (κ1) is 21.4. The number of thiol groups is 1. The van der Waals surface area contributed by atoms with Crippen molar-refractivity contribution in [3.05, 3.63) is 0 Å². The smallest absolute Gasteiger partial charge is 0.322 e. The van der Waals surface area contributed by atoms with Gasteiger partial charge in [0.1, 0.15) is 11.8 Å². The summed E-state index contributed by atoms with van der Waals surface area (Å²) in [5.74, 6) is -4.50. The van der Waals surface area contributed by atoms with Crippen molar-refractivity contribution in [3.63, 3.8) is 0 Å². The van der Waals surface area contributed by atoms with Gasteiger partial charge in [0.05, 0.1) is 19.6 Å². The number of carbonyl (C=O) groups is 6. The van der Waals surface area contributed by atoms with Crippen LogP contribution in [-0.4, -0.2) is 71.9 Å². The topological polar surface area (TPSA) is 171 Å². The second-order valence-corrected chi connectivity index (χ2v) is 4.97. The first-order chi connectivity index (χ1) is 11.1. The van der Waals surface area contributed by atoms with Crippen molar-refractivity contribution in [2.75, 3.05) is 26.2 Å². The van der Waals surface area contributed by atoms with Crippen LogP contribution in [0.2, 0.25) is 0 Å². The molecule has 134 valence electrons. The van der Waals surface area contributed by atoms with E-state index in [2.05, 4.69) is 28.6 Å². The summed E-state index contributed by atoms with van der Waals surface area (Å²) in [5, 5.41) is 15.7. The summed E-state index contributed by atoms with van der Waals surface area (Å²) >= 11 is 3.75. The fourth-order valence-corrected chi connectivity index (χ4v) is 1.26. The molecule has 0 heterocycles. The minimum atomic E-state index is -1.22. The van der Waals surface area contributed by atoms with Crippen LogP contribution in [0, 0.1) is 0 Å². The fourth-order valence-electron chi connectivity index (χ4n) is 1.17. The largest absolute Gasteiger partial charge is 0.480 e. The molecule has 0 rings (SSSR count). The number of hydrogen-bond acceptors (Lipinski definition) is 7. The molecule has 24 heavy (non-hydrogen) atoms. The van der Waals surface area contributed by atoms with Crippen molar-refractivity contribution in [1.29, 1.82) is 0 Å². The van der Waals surface area contributed by atoms with Crippen LogP contribution in [0.1, 0.15) is 6.92 Å². The highest BCUT2D eigenvalue weighted by Crippen LogP contribution is 1.95. The number of carboxylic acids is 1. The summed E-state index contributed by atoms with van der Waals surface area (Å²) in [6, 6.07) is 0. The molecule has 0 aliphatic rings. The lowest BCUT2D eigenvalue weighted by atomic mass is 10.3. The summed E-state index contributed by atoms with van der Waals surface area (Å²) in [5.41, 5.74) is 0. The Hall–Kier alpha value is -2.63. The van der Waals surface area contributed by atoms with E-state index >= 15 is 0 Å². The summed E-state index contributed by atoms with van der Waals surface area (Å²) in [7, 11) is 0. The van der Waals surface area contributed by atoms with E-state index in [0.29, 0.717) is 0 Å². The van der Waals surface area contributed by atoms with Gasteiger partial charge in [-0.25, -0.2) is 0 Å². The second-order valence-electron chi connectivity index (χ2n) is 4.45. The SMILES string of the molecule is CC(=O)[C@H](S)C(=O)NCC(=O)NCC(=O)NCC(=O)NCC(=O)O. The highest BCUT2D eigenvalue weighted by Gasteiger charge is 2.19. The highest BCUT2D eigenvalue weighted by molar-refractivity contribution is 7.82. The Morgan fingerprint density at radius 2 is 1.17 bits per heavy atom. The van der Waals surface area contributed by atoms with Crippen molar-refractivity contribution >= 4 is 48.0 Å². The quantitative estimate of drug-likeness (QED) is 0.172. The highest BCUT2D eigenvalue weighted by atomic mass is 32.1. The fraction of sp³-hybridized carbons (Fsp3) is 0.500. The van der Waals surface area contributed by atoms with Crippen LogP contribution >= 0.6 is 12.6 Å². The molecule has 0 aromatic rings. The van der Waals surface area contributed by atoms with E-state index in [9.17, 15) is 28.8 Å². The first-order valence-electron chi connectivity index (χ1n) is 6.61. The normalized spacial score (nSPS) is 10.9. The van der Waals surface area contributed by atoms with E-state index in [4.69, 9.17) is 5.11 Å². The van der Waals surface area contributed by atoms with Crippen LogP contribution in [0.3, 0.4) is 0 Å². The molecule has 0 fully saturated rings. The van der Waals surface area contributed by atoms with Gasteiger partial charge in [0.15, 0.2) is 5.78 Å². The van der Waals surface area contributed by atoms with E-state index in [0.717, 1.165) is 0 Å². The number of ketones is 1. The lowest BCUT2D eigenvalue weighted by molar-refractivity contribution is -0.137. The van der Waals surface area contributed by atoms with Crippen LogP contribution in [0.15, 0.2) is 0 Å². The third kappa shape index (κ3) is 10.2. The summed E-state index contributed by atoms with van der Waals surface area (Å²) in [6.07, 6.45) is 0. The third-order valence-corrected chi connectivity index (χ3v) is 2.98. The zero-order valence-electron chi connectivity index (χ0n) is 12.7. The molecule has 0 unspecified atom stereocenters. The molecule has 0 spiro atoms. The van der Waals surface area contributed by atoms with E-state index in [1.807, 2.05) is 5.32 Å². The molecule has 11 nitrogen and oxygen atoms in total. The third-order valence-electron chi connectivity index (χ3n) is 2.39. The van der Waals surface area contributed by atoms with Gasteiger partial charge < -0.3 is 26.4 Å². The number of amides is 4. The number of Topliss-reactive ketones (excluding diaryl/α,β-unsaturated/α-hetero) is 1. The summed E-state index contributed by atoms with van der Waals surface area (Å²) < 4.78 is 0. The molecule has 0 bridgehead atoms. The molecule has 0 aromatic carbocycles. The lowest BCUT2D eigenvalue weighted by Gasteiger charge is -2.09. The Bertz CT molecular complexity index is 537. The predicted molar refractivity (Wildman–Crippen MR) is 83.1 cm³/mol. The maximum atomic E-state index is 11.4. The molecule has 0 aliphatic heterocycles. The first-order valence-corrected chi connectivity index (χ1v) is 7.13. The lowest BCUT2D eigenvalue weighted by Crippen LogP contribution is -2.46. The Kier molecular flexibility index (Phi) is 9.79. The zero-order chi connectivity index (χ0) is 18.7. The number of carbonyl (C=O) groups excluding carboxylic acids is 5. The van der Waals surface area contributed by atoms with Gasteiger partial charge in [-0.15, -0.1) is 0 Å². The average molecular weight is 362 g/mol. The van der Waals surface area contributed by atoms with Crippen LogP contribution in [0.5, 0.6) is 0 Å². The molecular formula is C12H18N4O7S. The number of aliphatic carboxylic acids is 1. The van der Waals surface area contributed by atoms with E-state index in [1.54, 1.807) is 0 Å². The number of nitrogens with one attached hydrogen (secondary N) is 4. The minimum absolute atomic E-state index is 0.446.